The fraction of sp³-hybridized carbons (Fsp3) is 0.375. The molecule has 0 aliphatic carbocycles. The molecule has 1 aliphatic rings. The van der Waals surface area contributed by atoms with Gasteiger partial charge in [0.15, 0.2) is 4.20 Å². The van der Waals surface area contributed by atoms with Gasteiger partial charge < -0.3 is 21.1 Å². The minimum Gasteiger partial charge on any atom is -0.480 e. The van der Waals surface area contributed by atoms with Crippen LogP contribution in [0.25, 0.3) is 0 Å². The summed E-state index contributed by atoms with van der Waals surface area (Å²) >= 11 is 1.11. The van der Waals surface area contributed by atoms with Crippen LogP contribution in [0.4, 0.5) is 4.79 Å². The van der Waals surface area contributed by atoms with E-state index in [2.05, 4.69) is 21.3 Å². The van der Waals surface area contributed by atoms with Gasteiger partial charge in [-0.25, -0.2) is 18.0 Å². The lowest BCUT2D eigenvalue weighted by atomic mass is 10.2. The molecule has 36 heavy (non-hydrogen) atoms. The second-order valence-corrected chi connectivity index (χ2v) is 12.2. The van der Waals surface area contributed by atoms with Gasteiger partial charge in [0.1, 0.15) is 6.04 Å². The maximum atomic E-state index is 13.5. The Morgan fingerprint density at radius 3 is 2.25 bits per heavy atom. The number of carboxylic acids is 1. The smallest absolute Gasteiger partial charge is 0.328 e. The van der Waals surface area contributed by atoms with E-state index in [1.54, 1.807) is 32.0 Å². The van der Waals surface area contributed by atoms with Crippen LogP contribution in [0.2, 0.25) is 0 Å². The highest BCUT2D eigenvalue weighted by Gasteiger charge is 2.54. The average Bonchev–Trinajstić information content (AvgIpc) is 3.34. The van der Waals surface area contributed by atoms with E-state index in [0.717, 1.165) is 17.3 Å². The van der Waals surface area contributed by atoms with Gasteiger partial charge in [0, 0.05) is 12.3 Å². The molecule has 0 spiro atoms. The van der Waals surface area contributed by atoms with Gasteiger partial charge >= 0.3 is 12.0 Å². The molecule has 1 aliphatic heterocycles. The normalized spacial score (nSPS) is 20.5. The predicted octanol–water partition coefficient (Wildman–Crippen LogP) is 1.54. The molecule has 2 aromatic carbocycles. The maximum Gasteiger partial charge on any atom is 0.328 e. The van der Waals surface area contributed by atoms with Crippen molar-refractivity contribution in [3.05, 3.63) is 66.2 Å². The van der Waals surface area contributed by atoms with Crippen molar-refractivity contribution in [1.82, 2.24) is 21.3 Å². The van der Waals surface area contributed by atoms with Crippen molar-refractivity contribution in [2.45, 2.75) is 41.6 Å². The quantitative estimate of drug-likeness (QED) is 0.308. The van der Waals surface area contributed by atoms with Crippen LogP contribution in [0.3, 0.4) is 0 Å². The molecule has 194 valence electrons. The Kier molecular flexibility index (Phi) is 8.98. The van der Waals surface area contributed by atoms with Gasteiger partial charge in [-0.1, -0.05) is 62.4 Å². The van der Waals surface area contributed by atoms with Crippen LogP contribution >= 0.6 is 11.8 Å². The fourth-order valence-electron chi connectivity index (χ4n) is 3.76. The molecule has 12 heteroatoms. The second kappa shape index (κ2) is 11.8. The lowest BCUT2D eigenvalue weighted by Gasteiger charge is -2.33. The molecule has 0 aromatic heterocycles. The van der Waals surface area contributed by atoms with Crippen molar-refractivity contribution in [3.63, 3.8) is 0 Å². The van der Waals surface area contributed by atoms with E-state index in [-0.39, 0.29) is 23.7 Å². The van der Waals surface area contributed by atoms with Crippen molar-refractivity contribution in [2.24, 2.45) is 5.92 Å². The van der Waals surface area contributed by atoms with Crippen molar-refractivity contribution < 1.29 is 27.9 Å². The third-order valence-corrected chi connectivity index (χ3v) is 10.6. The highest BCUT2D eigenvalue weighted by Crippen LogP contribution is 2.44. The summed E-state index contributed by atoms with van der Waals surface area (Å²) in [5, 5.41) is 20.0. The Balaban J connectivity index is 1.61. The van der Waals surface area contributed by atoms with Gasteiger partial charge in [0.2, 0.25) is 15.7 Å². The number of rotatable bonds is 10. The lowest BCUT2D eigenvalue weighted by molar-refractivity contribution is -0.141. The number of aliphatic carboxylic acids is 1. The van der Waals surface area contributed by atoms with Crippen LogP contribution in [0.1, 0.15) is 19.4 Å². The SMILES string of the molecule is CC(C)C1(S(=O)(=O)c2ccccc2)NC(C(=O)NC(CNC(=O)NCc2ccccc2)C(=O)O)CS1. The lowest BCUT2D eigenvalue weighted by Crippen LogP contribution is -2.58. The van der Waals surface area contributed by atoms with E-state index in [0.29, 0.717) is 0 Å². The van der Waals surface area contributed by atoms with Crippen LogP contribution in [0.5, 0.6) is 0 Å². The zero-order chi connectivity index (χ0) is 26.3. The summed E-state index contributed by atoms with van der Waals surface area (Å²) in [6.45, 7) is 3.41. The third kappa shape index (κ3) is 6.18. The van der Waals surface area contributed by atoms with Gasteiger partial charge in [0.25, 0.3) is 0 Å². The number of nitrogens with one attached hydrogen (secondary N) is 4. The van der Waals surface area contributed by atoms with E-state index in [9.17, 15) is 27.9 Å². The summed E-state index contributed by atoms with van der Waals surface area (Å²) < 4.78 is 25.5. The number of urea groups is 1. The Hall–Kier alpha value is -3.09. The molecular formula is C24H30N4O6S2. The second-order valence-electron chi connectivity index (χ2n) is 8.60. The van der Waals surface area contributed by atoms with Gasteiger partial charge in [0.05, 0.1) is 17.5 Å². The highest BCUT2D eigenvalue weighted by atomic mass is 32.3. The number of thioether (sulfide) groups is 1. The zero-order valence-electron chi connectivity index (χ0n) is 19.9. The summed E-state index contributed by atoms with van der Waals surface area (Å²) in [5.41, 5.74) is 0.875. The van der Waals surface area contributed by atoms with E-state index in [4.69, 9.17) is 0 Å². The van der Waals surface area contributed by atoms with Gasteiger partial charge in [-0.15, -0.1) is 11.8 Å². The van der Waals surface area contributed by atoms with Gasteiger partial charge in [-0.2, -0.15) is 0 Å². The highest BCUT2D eigenvalue weighted by molar-refractivity contribution is 8.15. The third-order valence-electron chi connectivity index (χ3n) is 5.75. The monoisotopic (exact) mass is 534 g/mol. The number of carboxylic acid groups (broad SMARTS) is 1. The molecule has 3 atom stereocenters. The van der Waals surface area contributed by atoms with Crippen LogP contribution < -0.4 is 21.3 Å². The number of carbonyl (C=O) groups excluding carboxylic acids is 2. The fourth-order valence-corrected chi connectivity index (χ4v) is 7.86. The van der Waals surface area contributed by atoms with E-state index < -0.39 is 49.9 Å². The summed E-state index contributed by atoms with van der Waals surface area (Å²) in [5.74, 6) is -2.25. The van der Waals surface area contributed by atoms with Crippen molar-refractivity contribution in [3.8, 4) is 0 Å². The van der Waals surface area contributed by atoms with Crippen LogP contribution in [0, 0.1) is 5.92 Å². The molecule has 1 heterocycles. The van der Waals surface area contributed by atoms with Gasteiger partial charge in [-0.05, 0) is 23.6 Å². The van der Waals surface area contributed by atoms with E-state index in [1.165, 1.54) is 12.1 Å². The number of benzene rings is 2. The molecule has 1 saturated heterocycles. The molecule has 0 saturated carbocycles. The number of carbonyl (C=O) groups is 3. The Morgan fingerprint density at radius 1 is 1.06 bits per heavy atom. The first-order valence-electron chi connectivity index (χ1n) is 11.4. The van der Waals surface area contributed by atoms with Crippen molar-refractivity contribution >= 4 is 39.5 Å². The molecule has 0 radical (unpaired) electrons. The Morgan fingerprint density at radius 2 is 1.67 bits per heavy atom. The van der Waals surface area contributed by atoms with Crippen molar-refractivity contribution in [2.75, 3.05) is 12.3 Å². The summed E-state index contributed by atoms with van der Waals surface area (Å²) in [6, 6.07) is 14.3. The number of hydrogen-bond donors (Lipinski definition) is 5. The molecule has 10 nitrogen and oxygen atoms in total. The standard InChI is InChI=1S/C24H30N4O6S2/c1-16(2)24(36(33,34)18-11-7-4-8-12-18)28-20(15-35-24)21(29)27-19(22(30)31)14-26-23(32)25-13-17-9-5-3-6-10-17/h3-12,16,19-20,28H,13-15H2,1-2H3,(H,27,29)(H,30,31)(H2,25,26,32). The zero-order valence-corrected chi connectivity index (χ0v) is 21.6. The topological polar surface area (TPSA) is 154 Å². The number of hydrogen-bond acceptors (Lipinski definition) is 7. The number of sulfone groups is 1. The minimum absolute atomic E-state index is 0.132. The number of amides is 3. The van der Waals surface area contributed by atoms with Gasteiger partial charge in [-0.3, -0.25) is 10.1 Å². The Bertz CT molecular complexity index is 1180. The molecule has 3 rings (SSSR count). The largest absolute Gasteiger partial charge is 0.480 e. The minimum atomic E-state index is -3.87. The maximum absolute atomic E-state index is 13.5. The summed E-state index contributed by atoms with van der Waals surface area (Å²) in [4.78, 5) is 36.8. The first-order chi connectivity index (χ1) is 17.1. The van der Waals surface area contributed by atoms with Crippen LogP contribution in [0.15, 0.2) is 65.6 Å². The predicted molar refractivity (Wildman–Crippen MR) is 137 cm³/mol. The summed E-state index contributed by atoms with van der Waals surface area (Å²) in [6.07, 6.45) is 0. The molecule has 3 amide bonds. The van der Waals surface area contributed by atoms with E-state index in [1.807, 2.05) is 30.3 Å². The molecule has 5 N–H and O–H groups in total. The first kappa shape index (κ1) is 27.5. The molecule has 2 aromatic rings. The van der Waals surface area contributed by atoms with Crippen molar-refractivity contribution in [1.29, 1.82) is 0 Å². The molecule has 1 fully saturated rings. The molecule has 3 unspecified atom stereocenters. The van der Waals surface area contributed by atoms with Crippen LogP contribution in [-0.2, 0) is 26.0 Å². The average molecular weight is 535 g/mol. The van der Waals surface area contributed by atoms with Crippen LogP contribution in [-0.4, -0.2) is 60.0 Å². The molecule has 0 bridgehead atoms. The summed E-state index contributed by atoms with van der Waals surface area (Å²) in [7, 11) is -3.87. The molecular weight excluding hydrogens is 504 g/mol. The Labute approximate surface area is 214 Å². The first-order valence-corrected chi connectivity index (χ1v) is 13.8. The van der Waals surface area contributed by atoms with E-state index >= 15 is 0 Å².